The Hall–Kier alpha value is -3.26. The van der Waals surface area contributed by atoms with Gasteiger partial charge in [-0.1, -0.05) is 23.7 Å². The predicted molar refractivity (Wildman–Crippen MR) is 92.1 cm³/mol. The molecule has 0 aliphatic heterocycles. The number of hydrogen-bond donors (Lipinski definition) is 0. The number of nitro benzene ring substituents is 2. The summed E-state index contributed by atoms with van der Waals surface area (Å²) in [5.74, 6) is 0. The molecule has 0 saturated heterocycles. The lowest BCUT2D eigenvalue weighted by Crippen LogP contribution is -2.04. The van der Waals surface area contributed by atoms with Crippen LogP contribution in [-0.2, 0) is 0 Å². The van der Waals surface area contributed by atoms with Crippen LogP contribution in [0, 0.1) is 27.2 Å². The summed E-state index contributed by atoms with van der Waals surface area (Å²) in [5.41, 5.74) is 1.43. The van der Waals surface area contributed by atoms with Crippen molar-refractivity contribution in [1.82, 2.24) is 9.78 Å². The molecule has 25 heavy (non-hydrogen) atoms. The second-order valence-corrected chi connectivity index (χ2v) is 5.71. The van der Waals surface area contributed by atoms with Crippen LogP contribution in [0.2, 0.25) is 5.02 Å². The van der Waals surface area contributed by atoms with E-state index in [-0.39, 0.29) is 11.4 Å². The number of halogens is 1. The molecule has 0 atom stereocenters. The van der Waals surface area contributed by atoms with Gasteiger partial charge in [-0.15, -0.1) is 0 Å². The Morgan fingerprint density at radius 3 is 2.28 bits per heavy atom. The highest BCUT2D eigenvalue weighted by molar-refractivity contribution is 6.30. The number of nitro groups is 2. The third-order valence-corrected chi connectivity index (χ3v) is 3.82. The van der Waals surface area contributed by atoms with Gasteiger partial charge in [0.1, 0.15) is 5.69 Å². The molecule has 0 aliphatic carbocycles. The summed E-state index contributed by atoms with van der Waals surface area (Å²) in [7, 11) is 0. The Kier molecular flexibility index (Phi) is 4.20. The van der Waals surface area contributed by atoms with Crippen molar-refractivity contribution in [1.29, 1.82) is 0 Å². The van der Waals surface area contributed by atoms with Crippen molar-refractivity contribution in [3.63, 3.8) is 0 Å². The number of non-ortho nitro benzene ring substituents is 1. The van der Waals surface area contributed by atoms with E-state index in [1.165, 1.54) is 16.8 Å². The quantitative estimate of drug-likeness (QED) is 0.510. The van der Waals surface area contributed by atoms with E-state index in [0.717, 1.165) is 11.6 Å². The van der Waals surface area contributed by atoms with Crippen LogP contribution in [-0.4, -0.2) is 19.6 Å². The fourth-order valence-electron chi connectivity index (χ4n) is 2.46. The summed E-state index contributed by atoms with van der Waals surface area (Å²) in [6.45, 7) is 1.76. The first-order valence-corrected chi connectivity index (χ1v) is 7.50. The minimum atomic E-state index is -0.675. The minimum absolute atomic E-state index is 0.147. The van der Waals surface area contributed by atoms with Crippen LogP contribution in [0.4, 0.5) is 11.4 Å². The zero-order valence-electron chi connectivity index (χ0n) is 12.9. The molecule has 8 nitrogen and oxygen atoms in total. The molecule has 0 bridgehead atoms. The Morgan fingerprint density at radius 1 is 1.00 bits per heavy atom. The highest BCUT2D eigenvalue weighted by atomic mass is 35.5. The van der Waals surface area contributed by atoms with E-state index in [0.29, 0.717) is 16.4 Å². The van der Waals surface area contributed by atoms with E-state index in [9.17, 15) is 20.2 Å². The molecule has 126 valence electrons. The first-order valence-electron chi connectivity index (χ1n) is 7.12. The predicted octanol–water partition coefficient (Wildman–Crippen LogP) is 4.32. The van der Waals surface area contributed by atoms with Crippen molar-refractivity contribution in [2.45, 2.75) is 6.92 Å². The lowest BCUT2D eigenvalue weighted by atomic mass is 10.1. The summed E-state index contributed by atoms with van der Waals surface area (Å²) in [4.78, 5) is 21.0. The van der Waals surface area contributed by atoms with E-state index in [1.54, 1.807) is 37.3 Å². The number of rotatable bonds is 4. The first kappa shape index (κ1) is 16.6. The molecule has 0 saturated carbocycles. The fourth-order valence-corrected chi connectivity index (χ4v) is 2.59. The Labute approximate surface area is 146 Å². The molecule has 9 heteroatoms. The van der Waals surface area contributed by atoms with Crippen molar-refractivity contribution < 1.29 is 9.85 Å². The standard InChI is InChI=1S/C16H11ClN4O4/c1-10-8-15(11-2-4-12(17)5-3-11)19(18-10)14-7-6-13(20(22)23)9-16(14)21(24)25/h2-9H,1H3. The van der Waals surface area contributed by atoms with Gasteiger partial charge in [0.25, 0.3) is 5.69 Å². The first-order chi connectivity index (χ1) is 11.9. The zero-order valence-corrected chi connectivity index (χ0v) is 13.7. The van der Waals surface area contributed by atoms with Crippen LogP contribution in [0.1, 0.15) is 5.69 Å². The van der Waals surface area contributed by atoms with Crippen molar-refractivity contribution in [3.8, 4) is 16.9 Å². The molecular weight excluding hydrogens is 348 g/mol. The van der Waals surface area contributed by atoms with E-state index in [1.807, 2.05) is 0 Å². The minimum Gasteiger partial charge on any atom is -0.258 e. The molecule has 3 rings (SSSR count). The van der Waals surface area contributed by atoms with Crippen LogP contribution >= 0.6 is 11.6 Å². The molecule has 2 aromatic carbocycles. The maximum Gasteiger partial charge on any atom is 0.301 e. The van der Waals surface area contributed by atoms with Gasteiger partial charge in [-0.25, -0.2) is 4.68 Å². The van der Waals surface area contributed by atoms with E-state index in [4.69, 9.17) is 11.6 Å². The summed E-state index contributed by atoms with van der Waals surface area (Å²) in [6.07, 6.45) is 0. The Morgan fingerprint density at radius 2 is 1.68 bits per heavy atom. The Bertz CT molecular complexity index is 982. The average molecular weight is 359 g/mol. The molecule has 0 amide bonds. The van der Waals surface area contributed by atoms with Crippen molar-refractivity contribution in [2.24, 2.45) is 0 Å². The molecule has 0 spiro atoms. The van der Waals surface area contributed by atoms with Gasteiger partial charge in [0.2, 0.25) is 0 Å². The number of nitrogens with zero attached hydrogens (tertiary/aromatic N) is 4. The molecule has 1 heterocycles. The molecule has 1 aromatic heterocycles. The molecule has 3 aromatic rings. The maximum atomic E-state index is 11.4. The highest BCUT2D eigenvalue weighted by Crippen LogP contribution is 2.32. The fraction of sp³-hybridized carbons (Fsp3) is 0.0625. The van der Waals surface area contributed by atoms with Crippen LogP contribution < -0.4 is 0 Å². The van der Waals surface area contributed by atoms with E-state index in [2.05, 4.69) is 5.10 Å². The number of aromatic nitrogens is 2. The van der Waals surface area contributed by atoms with Gasteiger partial charge in [0, 0.05) is 16.7 Å². The molecule has 0 N–H and O–H groups in total. The van der Waals surface area contributed by atoms with Crippen LogP contribution in [0.5, 0.6) is 0 Å². The van der Waals surface area contributed by atoms with E-state index >= 15 is 0 Å². The summed E-state index contributed by atoms with van der Waals surface area (Å²) in [6, 6.07) is 12.2. The lowest BCUT2D eigenvalue weighted by molar-refractivity contribution is -0.394. The second kappa shape index (κ2) is 6.33. The van der Waals surface area contributed by atoms with Gasteiger partial charge in [-0.2, -0.15) is 5.10 Å². The molecule has 0 fully saturated rings. The van der Waals surface area contributed by atoms with Crippen LogP contribution in [0.3, 0.4) is 0 Å². The van der Waals surface area contributed by atoms with Gasteiger partial charge < -0.3 is 0 Å². The van der Waals surface area contributed by atoms with Gasteiger partial charge in [-0.3, -0.25) is 20.2 Å². The van der Waals surface area contributed by atoms with E-state index < -0.39 is 15.5 Å². The van der Waals surface area contributed by atoms with Crippen LogP contribution in [0.15, 0.2) is 48.5 Å². The monoisotopic (exact) mass is 358 g/mol. The topological polar surface area (TPSA) is 104 Å². The SMILES string of the molecule is Cc1cc(-c2ccc(Cl)cc2)n(-c2ccc([N+](=O)[O-])cc2[N+](=O)[O-])n1. The van der Waals surface area contributed by atoms with Crippen LogP contribution in [0.25, 0.3) is 16.9 Å². The zero-order chi connectivity index (χ0) is 18.1. The van der Waals surface area contributed by atoms with Crippen molar-refractivity contribution >= 4 is 23.0 Å². The number of hydrogen-bond acceptors (Lipinski definition) is 5. The number of benzene rings is 2. The van der Waals surface area contributed by atoms with Gasteiger partial charge >= 0.3 is 5.69 Å². The largest absolute Gasteiger partial charge is 0.301 e. The smallest absolute Gasteiger partial charge is 0.258 e. The molecule has 0 unspecified atom stereocenters. The Balaban J connectivity index is 2.22. The summed E-state index contributed by atoms with van der Waals surface area (Å²) in [5, 5.41) is 27.2. The molecule has 0 radical (unpaired) electrons. The average Bonchev–Trinajstić information content (AvgIpc) is 2.96. The lowest BCUT2D eigenvalue weighted by Gasteiger charge is -2.08. The van der Waals surface area contributed by atoms with Gasteiger partial charge in [0.05, 0.1) is 27.3 Å². The van der Waals surface area contributed by atoms with Gasteiger partial charge in [-0.05, 0) is 31.2 Å². The third kappa shape index (κ3) is 3.20. The normalized spacial score (nSPS) is 10.6. The van der Waals surface area contributed by atoms with Crippen molar-refractivity contribution in [3.05, 3.63) is 79.5 Å². The molecule has 0 aliphatic rings. The second-order valence-electron chi connectivity index (χ2n) is 5.28. The van der Waals surface area contributed by atoms with Gasteiger partial charge in [0.15, 0.2) is 0 Å². The summed E-state index contributed by atoms with van der Waals surface area (Å²) < 4.78 is 1.40. The third-order valence-electron chi connectivity index (χ3n) is 3.57. The highest BCUT2D eigenvalue weighted by Gasteiger charge is 2.23. The number of aryl methyl sites for hydroxylation is 1. The maximum absolute atomic E-state index is 11.4. The summed E-state index contributed by atoms with van der Waals surface area (Å²) >= 11 is 5.90. The van der Waals surface area contributed by atoms with Crippen molar-refractivity contribution in [2.75, 3.05) is 0 Å². The molecular formula is C16H11ClN4O4.